The van der Waals surface area contributed by atoms with Crippen LogP contribution in [-0.2, 0) is 23.9 Å². The fraction of sp³-hybridized carbons (Fsp3) is 0.583. The van der Waals surface area contributed by atoms with E-state index in [2.05, 4.69) is 15.6 Å². The number of nitrogens with one attached hydrogen (secondary N) is 2. The first kappa shape index (κ1) is 37.3. The van der Waals surface area contributed by atoms with Crippen molar-refractivity contribution in [3.8, 4) is 5.75 Å². The average molecular weight is 709 g/mol. The third-order valence-corrected chi connectivity index (χ3v) is 9.36. The zero-order chi connectivity index (χ0) is 36.9. The lowest BCUT2D eigenvalue weighted by Crippen LogP contribution is -2.55. The first-order valence-electron chi connectivity index (χ1n) is 17.6. The van der Waals surface area contributed by atoms with Crippen LogP contribution < -0.4 is 15.4 Å². The Kier molecular flexibility index (Phi) is 11.7. The quantitative estimate of drug-likeness (QED) is 0.293. The maximum absolute atomic E-state index is 13.8. The molecule has 15 heteroatoms. The number of benzene rings is 1. The maximum atomic E-state index is 13.8. The van der Waals surface area contributed by atoms with Crippen molar-refractivity contribution in [2.24, 2.45) is 0 Å². The fourth-order valence-electron chi connectivity index (χ4n) is 6.44. The van der Waals surface area contributed by atoms with E-state index >= 15 is 0 Å². The van der Waals surface area contributed by atoms with Crippen LogP contribution in [0.4, 0.5) is 4.79 Å². The molecule has 2 saturated heterocycles. The van der Waals surface area contributed by atoms with Crippen LogP contribution in [0.3, 0.4) is 0 Å². The molecule has 3 N–H and O–H groups in total. The number of amides is 5. The highest BCUT2D eigenvalue weighted by Gasteiger charge is 2.36. The summed E-state index contributed by atoms with van der Waals surface area (Å²) in [5.74, 6) is -1.96. The minimum atomic E-state index is -1.14. The van der Waals surface area contributed by atoms with E-state index in [1.54, 1.807) is 37.8 Å². The zero-order valence-electron chi connectivity index (χ0n) is 29.7. The van der Waals surface area contributed by atoms with Crippen LogP contribution >= 0.6 is 0 Å². The Morgan fingerprint density at radius 3 is 2.31 bits per heavy atom. The third-order valence-electron chi connectivity index (χ3n) is 9.36. The molecular formula is C36H48N6O9. The number of pyridine rings is 1. The monoisotopic (exact) mass is 708 g/mol. The molecule has 276 valence electrons. The van der Waals surface area contributed by atoms with E-state index in [-0.39, 0.29) is 74.9 Å². The largest absolute Gasteiger partial charge is 0.483 e. The molecule has 1 aromatic heterocycles. The minimum absolute atomic E-state index is 0.0610. The molecule has 0 radical (unpaired) electrons. The highest BCUT2D eigenvalue weighted by Crippen LogP contribution is 2.28. The molecule has 51 heavy (non-hydrogen) atoms. The first-order chi connectivity index (χ1) is 24.2. The summed E-state index contributed by atoms with van der Waals surface area (Å²) in [6.07, 6.45) is 2.97. The van der Waals surface area contributed by atoms with Gasteiger partial charge in [0.15, 0.2) is 6.61 Å². The predicted octanol–water partition coefficient (Wildman–Crippen LogP) is 2.62. The molecule has 5 rings (SSSR count). The van der Waals surface area contributed by atoms with Crippen LogP contribution in [0.1, 0.15) is 81.8 Å². The molecule has 1 aromatic carbocycles. The highest BCUT2D eigenvalue weighted by molar-refractivity contribution is 5.99. The summed E-state index contributed by atoms with van der Waals surface area (Å²) in [5.41, 5.74) is 0.499. The van der Waals surface area contributed by atoms with E-state index in [9.17, 15) is 33.9 Å². The summed E-state index contributed by atoms with van der Waals surface area (Å²) in [4.78, 5) is 86.5. The lowest BCUT2D eigenvalue weighted by Gasteiger charge is -2.35. The molecule has 0 bridgehead atoms. The second-order valence-electron chi connectivity index (χ2n) is 14.4. The molecular weight excluding hydrogens is 660 g/mol. The Labute approximate surface area is 297 Å². The van der Waals surface area contributed by atoms with Crippen molar-refractivity contribution in [1.82, 2.24) is 30.3 Å². The van der Waals surface area contributed by atoms with E-state index in [1.165, 1.54) is 15.9 Å². The van der Waals surface area contributed by atoms with Crippen molar-refractivity contribution in [3.05, 3.63) is 35.5 Å². The predicted molar refractivity (Wildman–Crippen MR) is 185 cm³/mol. The molecule has 1 aliphatic carbocycles. The molecule has 15 nitrogen and oxygen atoms in total. The standard InChI is InChI=1S/C36H48N6O9/c1-22-10-11-24-26(19-22)38-27(20-29(24)50-21-30(43)42-14-6-9-28(42)33(46)37-23-7-5-8-23)32(45)39-25(12-13-31(44)51-36(2,3)4)34(47)40-15-17-41(18-16-40)35(48)49/h10-11,19-20,23,25,28H,5-9,12-18,21H2,1-4H3,(H,37,46)(H,39,45)(H,48,49)/t25-,28-/m0/s1. The molecule has 0 unspecified atom stereocenters. The SMILES string of the molecule is Cc1ccc2c(OCC(=O)N3CCC[C@H]3C(=O)NC3CCC3)cc(C(=O)N[C@@H](CCC(=O)OC(C)(C)C)C(=O)N3CCN(C(=O)O)CC3)nc2c1. The van der Waals surface area contributed by atoms with E-state index < -0.39 is 41.6 Å². The molecule has 3 heterocycles. The van der Waals surface area contributed by atoms with Crippen molar-refractivity contribution in [1.29, 1.82) is 0 Å². The van der Waals surface area contributed by atoms with Gasteiger partial charge in [0.2, 0.25) is 11.8 Å². The number of piperazine rings is 1. The molecule has 3 fully saturated rings. The number of fused-ring (bicyclic) bond motifs is 1. The van der Waals surface area contributed by atoms with Gasteiger partial charge in [-0.1, -0.05) is 6.07 Å². The highest BCUT2D eigenvalue weighted by atomic mass is 16.6. The van der Waals surface area contributed by atoms with Crippen LogP contribution in [0.5, 0.6) is 5.75 Å². The van der Waals surface area contributed by atoms with E-state index in [0.29, 0.717) is 30.3 Å². The number of rotatable bonds is 11. The number of aryl methyl sites for hydroxylation is 1. The summed E-state index contributed by atoms with van der Waals surface area (Å²) >= 11 is 0. The van der Waals surface area contributed by atoms with Crippen molar-refractivity contribution in [2.45, 2.75) is 96.4 Å². The number of hydrogen-bond acceptors (Lipinski definition) is 9. The van der Waals surface area contributed by atoms with Gasteiger partial charge in [-0.15, -0.1) is 0 Å². The van der Waals surface area contributed by atoms with Gasteiger partial charge in [0, 0.05) is 56.6 Å². The Hall–Kier alpha value is -4.95. The van der Waals surface area contributed by atoms with Gasteiger partial charge >= 0.3 is 12.1 Å². The van der Waals surface area contributed by atoms with Gasteiger partial charge in [-0.05, 0) is 83.9 Å². The summed E-state index contributed by atoms with van der Waals surface area (Å²) in [6.45, 7) is 7.63. The Morgan fingerprint density at radius 2 is 1.67 bits per heavy atom. The van der Waals surface area contributed by atoms with Gasteiger partial charge in [0.1, 0.15) is 29.1 Å². The second kappa shape index (κ2) is 15.9. The number of hydrogen-bond donors (Lipinski definition) is 3. The topological polar surface area (TPSA) is 188 Å². The fourth-order valence-corrected chi connectivity index (χ4v) is 6.44. The number of carbonyl (C=O) groups is 6. The molecule has 3 aliphatic rings. The number of esters is 1. The van der Waals surface area contributed by atoms with Crippen LogP contribution in [0, 0.1) is 6.92 Å². The van der Waals surface area contributed by atoms with Crippen LogP contribution in [-0.4, -0.2) is 124 Å². The summed E-state index contributed by atoms with van der Waals surface area (Å²) in [6, 6.07) is 5.30. The number of ether oxygens (including phenoxy) is 2. The number of aromatic nitrogens is 1. The molecule has 2 aromatic rings. The molecule has 0 spiro atoms. The van der Waals surface area contributed by atoms with Crippen molar-refractivity contribution >= 4 is 46.6 Å². The van der Waals surface area contributed by atoms with Crippen molar-refractivity contribution in [3.63, 3.8) is 0 Å². The Bertz CT molecular complexity index is 1660. The van der Waals surface area contributed by atoms with Crippen LogP contribution in [0.2, 0.25) is 0 Å². The average Bonchev–Trinajstić information content (AvgIpc) is 3.56. The smallest absolute Gasteiger partial charge is 0.407 e. The van der Waals surface area contributed by atoms with E-state index in [0.717, 1.165) is 24.8 Å². The first-order valence-corrected chi connectivity index (χ1v) is 17.6. The lowest BCUT2D eigenvalue weighted by atomic mass is 9.93. The number of carbonyl (C=O) groups excluding carboxylic acids is 5. The lowest BCUT2D eigenvalue weighted by molar-refractivity contribution is -0.155. The van der Waals surface area contributed by atoms with Crippen molar-refractivity contribution < 1.29 is 43.3 Å². The summed E-state index contributed by atoms with van der Waals surface area (Å²) < 4.78 is 11.5. The third kappa shape index (κ3) is 9.64. The number of carboxylic acid groups (broad SMARTS) is 1. The van der Waals surface area contributed by atoms with Crippen LogP contribution in [0.15, 0.2) is 24.3 Å². The van der Waals surface area contributed by atoms with Gasteiger partial charge in [0.25, 0.3) is 11.8 Å². The molecule has 2 aliphatic heterocycles. The Balaban J connectivity index is 1.32. The molecule has 2 atom stereocenters. The Morgan fingerprint density at radius 1 is 0.961 bits per heavy atom. The van der Waals surface area contributed by atoms with Crippen molar-refractivity contribution in [2.75, 3.05) is 39.3 Å². The summed E-state index contributed by atoms with van der Waals surface area (Å²) in [7, 11) is 0. The molecule has 5 amide bonds. The van der Waals surface area contributed by atoms with Gasteiger partial charge in [-0.3, -0.25) is 24.0 Å². The van der Waals surface area contributed by atoms with E-state index in [1.807, 2.05) is 13.0 Å². The van der Waals surface area contributed by atoms with Crippen LogP contribution in [0.25, 0.3) is 10.9 Å². The zero-order valence-corrected chi connectivity index (χ0v) is 29.7. The maximum Gasteiger partial charge on any atom is 0.407 e. The summed E-state index contributed by atoms with van der Waals surface area (Å²) in [5, 5.41) is 15.7. The number of likely N-dealkylation sites (tertiary alicyclic amines) is 1. The van der Waals surface area contributed by atoms with Gasteiger partial charge in [0.05, 0.1) is 5.52 Å². The van der Waals surface area contributed by atoms with Gasteiger partial charge < -0.3 is 39.9 Å². The minimum Gasteiger partial charge on any atom is -0.483 e. The van der Waals surface area contributed by atoms with E-state index in [4.69, 9.17) is 9.47 Å². The molecule has 1 saturated carbocycles. The van der Waals surface area contributed by atoms with Gasteiger partial charge in [-0.25, -0.2) is 9.78 Å². The normalized spacial score (nSPS) is 18.5. The van der Waals surface area contributed by atoms with Gasteiger partial charge in [-0.2, -0.15) is 0 Å². The second-order valence-corrected chi connectivity index (χ2v) is 14.4. The number of nitrogens with zero attached hydrogens (tertiary/aromatic N) is 4.